The van der Waals surface area contributed by atoms with Crippen LogP contribution in [0.1, 0.15) is 48.4 Å². The Balaban J connectivity index is 2.04. The van der Waals surface area contributed by atoms with Crippen LogP contribution in [0.2, 0.25) is 0 Å². The lowest BCUT2D eigenvalue weighted by Crippen LogP contribution is -2.13. The van der Waals surface area contributed by atoms with Gasteiger partial charge in [0.15, 0.2) is 0 Å². The van der Waals surface area contributed by atoms with Crippen LogP contribution in [0.5, 0.6) is 0 Å². The molecule has 1 aromatic carbocycles. The molecule has 3 nitrogen and oxygen atoms in total. The Morgan fingerprint density at radius 3 is 2.68 bits per heavy atom. The summed E-state index contributed by atoms with van der Waals surface area (Å²) in [5.74, 6) is 0.208. The van der Waals surface area contributed by atoms with Crippen molar-refractivity contribution in [2.75, 3.05) is 0 Å². The van der Waals surface area contributed by atoms with Gasteiger partial charge in [-0.05, 0) is 49.3 Å². The summed E-state index contributed by atoms with van der Waals surface area (Å²) in [6.07, 6.45) is 7.47. The van der Waals surface area contributed by atoms with Crippen LogP contribution in [-0.4, -0.2) is 9.97 Å². The normalized spacial score (nSPS) is 14.4. The van der Waals surface area contributed by atoms with E-state index in [0.717, 1.165) is 24.1 Å². The lowest BCUT2D eigenvalue weighted by molar-refractivity contribution is 0.414. The van der Waals surface area contributed by atoms with Gasteiger partial charge in [-0.2, -0.15) is 5.26 Å². The van der Waals surface area contributed by atoms with Gasteiger partial charge in [-0.3, -0.25) is 9.97 Å². The Morgan fingerprint density at radius 2 is 2.09 bits per heavy atom. The molecule has 3 rings (SSSR count). The Kier molecular flexibility index (Phi) is 4.15. The number of halogens is 1. The van der Waals surface area contributed by atoms with Crippen molar-refractivity contribution in [1.82, 2.24) is 9.97 Å². The molecule has 1 heterocycles. The van der Waals surface area contributed by atoms with E-state index in [1.54, 1.807) is 18.5 Å². The van der Waals surface area contributed by atoms with Crippen LogP contribution >= 0.6 is 0 Å². The third kappa shape index (κ3) is 2.71. The molecular weight excluding hydrogens is 277 g/mol. The maximum absolute atomic E-state index is 15.0. The first-order valence-electron chi connectivity index (χ1n) is 7.68. The minimum absolute atomic E-state index is 0.238. The lowest BCUT2D eigenvalue weighted by Gasteiger charge is -2.28. The zero-order valence-corrected chi connectivity index (χ0v) is 12.6. The molecule has 0 spiro atoms. The average molecular weight is 295 g/mol. The number of hydrogen-bond donors (Lipinski definition) is 0. The van der Waals surface area contributed by atoms with Crippen molar-refractivity contribution in [3.05, 3.63) is 47.2 Å². The maximum atomic E-state index is 15.0. The fourth-order valence-electron chi connectivity index (χ4n) is 2.90. The zero-order chi connectivity index (χ0) is 15.5. The molecule has 0 bridgehead atoms. The first-order chi connectivity index (χ1) is 10.7. The molecule has 0 atom stereocenters. The minimum atomic E-state index is -0.238. The second-order valence-electron chi connectivity index (χ2n) is 5.82. The second-order valence-corrected chi connectivity index (χ2v) is 5.82. The van der Waals surface area contributed by atoms with Crippen LogP contribution in [0, 0.1) is 24.1 Å². The van der Waals surface area contributed by atoms with E-state index < -0.39 is 0 Å². The van der Waals surface area contributed by atoms with Gasteiger partial charge in [0.2, 0.25) is 0 Å². The highest BCUT2D eigenvalue weighted by molar-refractivity contribution is 5.62. The van der Waals surface area contributed by atoms with Crippen molar-refractivity contribution < 1.29 is 4.39 Å². The third-order valence-corrected chi connectivity index (χ3v) is 4.37. The number of nitrogens with zero attached hydrogens (tertiary/aromatic N) is 3. The lowest BCUT2D eigenvalue weighted by atomic mass is 9.77. The quantitative estimate of drug-likeness (QED) is 0.844. The number of nitriles is 1. The summed E-state index contributed by atoms with van der Waals surface area (Å²) in [4.78, 5) is 8.46. The molecule has 0 saturated heterocycles. The van der Waals surface area contributed by atoms with Gasteiger partial charge in [-0.25, -0.2) is 4.39 Å². The van der Waals surface area contributed by atoms with E-state index >= 15 is 0 Å². The van der Waals surface area contributed by atoms with Gasteiger partial charge < -0.3 is 0 Å². The monoisotopic (exact) mass is 295 g/mol. The Morgan fingerprint density at radius 1 is 1.27 bits per heavy atom. The number of aromatic nitrogens is 2. The average Bonchev–Trinajstić information content (AvgIpc) is 2.46. The summed E-state index contributed by atoms with van der Waals surface area (Å²) in [7, 11) is 0. The van der Waals surface area contributed by atoms with Gasteiger partial charge in [0.05, 0.1) is 23.7 Å². The highest BCUT2D eigenvalue weighted by Crippen LogP contribution is 2.40. The molecule has 0 unspecified atom stereocenters. The van der Waals surface area contributed by atoms with Gasteiger partial charge >= 0.3 is 0 Å². The van der Waals surface area contributed by atoms with Crippen LogP contribution in [0.4, 0.5) is 4.39 Å². The molecule has 22 heavy (non-hydrogen) atoms. The zero-order valence-electron chi connectivity index (χ0n) is 12.6. The molecule has 1 aliphatic rings. The fraction of sp³-hybridized carbons (Fsp3) is 0.389. The molecule has 1 aromatic heterocycles. The van der Waals surface area contributed by atoms with E-state index in [1.807, 2.05) is 13.0 Å². The van der Waals surface area contributed by atoms with Crippen LogP contribution in [0.25, 0.3) is 11.3 Å². The van der Waals surface area contributed by atoms with Crippen LogP contribution in [0.15, 0.2) is 24.5 Å². The predicted octanol–water partition coefficient (Wildman–Crippen LogP) is 4.31. The van der Waals surface area contributed by atoms with E-state index in [-0.39, 0.29) is 5.82 Å². The molecular formula is C18H18FN3. The van der Waals surface area contributed by atoms with E-state index in [1.165, 1.54) is 6.42 Å². The standard InChI is InChI=1S/C18H18FN3/c1-12-10-22-17(11-21-12)16-8-7-14(13-4-2-5-13)15(18(16)19)6-3-9-20/h7-8,10-11,13H,2-6H2,1H3. The summed E-state index contributed by atoms with van der Waals surface area (Å²) < 4.78 is 15.0. The molecule has 0 amide bonds. The number of rotatable bonds is 4. The van der Waals surface area contributed by atoms with E-state index in [0.29, 0.717) is 35.6 Å². The maximum Gasteiger partial charge on any atom is 0.136 e. The Labute approximate surface area is 129 Å². The SMILES string of the molecule is Cc1cnc(-c2ccc(C3CCC3)c(CCC#N)c2F)cn1. The van der Waals surface area contributed by atoms with Crippen LogP contribution in [0.3, 0.4) is 0 Å². The molecule has 0 aliphatic heterocycles. The molecule has 0 N–H and O–H groups in total. The number of benzene rings is 1. The molecule has 1 saturated carbocycles. The largest absolute Gasteiger partial charge is 0.258 e. The highest BCUT2D eigenvalue weighted by atomic mass is 19.1. The van der Waals surface area contributed by atoms with Crippen LogP contribution in [-0.2, 0) is 6.42 Å². The summed E-state index contributed by atoms with van der Waals surface area (Å²) >= 11 is 0. The molecule has 2 aromatic rings. The van der Waals surface area contributed by atoms with E-state index in [2.05, 4.69) is 16.0 Å². The van der Waals surface area contributed by atoms with Gasteiger partial charge in [0, 0.05) is 18.2 Å². The smallest absolute Gasteiger partial charge is 0.136 e. The molecule has 1 aliphatic carbocycles. The number of hydrogen-bond acceptors (Lipinski definition) is 3. The molecule has 0 radical (unpaired) electrons. The van der Waals surface area contributed by atoms with Crippen molar-refractivity contribution in [1.29, 1.82) is 5.26 Å². The topological polar surface area (TPSA) is 49.6 Å². The Hall–Kier alpha value is -2.28. The van der Waals surface area contributed by atoms with E-state index in [4.69, 9.17) is 5.26 Å². The summed E-state index contributed by atoms with van der Waals surface area (Å²) in [6.45, 7) is 1.85. The minimum Gasteiger partial charge on any atom is -0.258 e. The van der Waals surface area contributed by atoms with Crippen molar-refractivity contribution >= 4 is 0 Å². The van der Waals surface area contributed by atoms with Gasteiger partial charge in [0.25, 0.3) is 0 Å². The van der Waals surface area contributed by atoms with Crippen LogP contribution < -0.4 is 0 Å². The molecule has 112 valence electrons. The van der Waals surface area contributed by atoms with Gasteiger partial charge in [0.1, 0.15) is 5.82 Å². The van der Waals surface area contributed by atoms with Gasteiger partial charge in [-0.1, -0.05) is 12.5 Å². The van der Waals surface area contributed by atoms with Crippen molar-refractivity contribution in [3.63, 3.8) is 0 Å². The van der Waals surface area contributed by atoms with Gasteiger partial charge in [-0.15, -0.1) is 0 Å². The second kappa shape index (κ2) is 6.23. The summed E-state index contributed by atoms with van der Waals surface area (Å²) in [5, 5.41) is 8.84. The molecule has 1 fully saturated rings. The predicted molar refractivity (Wildman–Crippen MR) is 82.7 cm³/mol. The first kappa shape index (κ1) is 14.6. The molecule has 4 heteroatoms. The van der Waals surface area contributed by atoms with Crippen molar-refractivity contribution in [3.8, 4) is 17.3 Å². The number of aryl methyl sites for hydroxylation is 1. The summed E-state index contributed by atoms with van der Waals surface area (Å²) in [5.41, 5.74) is 3.58. The summed E-state index contributed by atoms with van der Waals surface area (Å²) in [6, 6.07) is 5.93. The Bertz CT molecular complexity index is 712. The van der Waals surface area contributed by atoms with Crippen molar-refractivity contribution in [2.45, 2.75) is 44.9 Å². The van der Waals surface area contributed by atoms with Crippen molar-refractivity contribution in [2.24, 2.45) is 0 Å². The third-order valence-electron chi connectivity index (χ3n) is 4.37. The first-order valence-corrected chi connectivity index (χ1v) is 7.68. The fourth-order valence-corrected chi connectivity index (χ4v) is 2.90. The van der Waals surface area contributed by atoms with E-state index in [9.17, 15) is 4.39 Å². The highest BCUT2D eigenvalue weighted by Gasteiger charge is 2.25.